The summed E-state index contributed by atoms with van der Waals surface area (Å²) in [7, 11) is 0. The highest BCUT2D eigenvalue weighted by molar-refractivity contribution is 6.31. The van der Waals surface area contributed by atoms with Crippen LogP contribution in [0.25, 0.3) is 0 Å². The molecule has 3 rings (SSSR count). The van der Waals surface area contributed by atoms with E-state index in [2.05, 4.69) is 12.1 Å². The normalized spacial score (nSPS) is 30.7. The highest BCUT2D eigenvalue weighted by Crippen LogP contribution is 2.50. The lowest BCUT2D eigenvalue weighted by Gasteiger charge is -2.26. The number of hydrogen-bond donors (Lipinski definition) is 0. The summed E-state index contributed by atoms with van der Waals surface area (Å²) >= 11 is 12.5. The number of halogens is 2. The third-order valence-corrected chi connectivity index (χ3v) is 6.01. The van der Waals surface area contributed by atoms with Crippen molar-refractivity contribution in [3.63, 3.8) is 0 Å². The largest absolute Gasteiger partial charge is 0.126 e. The topological polar surface area (TPSA) is 0 Å². The van der Waals surface area contributed by atoms with Gasteiger partial charge >= 0.3 is 0 Å². The minimum atomic E-state index is 0.589. The van der Waals surface area contributed by atoms with Gasteiger partial charge in [0.2, 0.25) is 0 Å². The van der Waals surface area contributed by atoms with Gasteiger partial charge in [-0.1, -0.05) is 36.2 Å². The van der Waals surface area contributed by atoms with E-state index in [1.165, 1.54) is 37.7 Å². The first-order chi connectivity index (χ1) is 9.26. The molecule has 0 saturated heterocycles. The molecule has 1 aromatic carbocycles. The van der Waals surface area contributed by atoms with Crippen LogP contribution in [0.15, 0.2) is 24.3 Å². The molecule has 1 aromatic rings. The Hall–Kier alpha value is -0.200. The van der Waals surface area contributed by atoms with Crippen LogP contribution in [0.4, 0.5) is 0 Å². The lowest BCUT2D eigenvalue weighted by Crippen LogP contribution is -2.18. The second kappa shape index (κ2) is 6.06. The molecule has 0 aliphatic heterocycles. The third-order valence-electron chi connectivity index (χ3n) is 5.21. The van der Waals surface area contributed by atoms with Gasteiger partial charge < -0.3 is 0 Å². The molecule has 0 nitrogen and oxygen atoms in total. The molecule has 4 atom stereocenters. The Kier molecular flexibility index (Phi) is 4.39. The van der Waals surface area contributed by atoms with Crippen LogP contribution >= 0.6 is 23.2 Å². The van der Waals surface area contributed by atoms with Crippen LogP contribution in [0.5, 0.6) is 0 Å². The molecule has 0 spiro atoms. The molecule has 0 amide bonds. The van der Waals surface area contributed by atoms with Crippen LogP contribution in [-0.2, 0) is 6.42 Å². The molecule has 2 aliphatic carbocycles. The Morgan fingerprint density at radius 1 is 1.16 bits per heavy atom. The number of benzene rings is 1. The fourth-order valence-electron chi connectivity index (χ4n) is 4.27. The first-order valence-electron chi connectivity index (χ1n) is 7.55. The van der Waals surface area contributed by atoms with Crippen LogP contribution in [0.3, 0.4) is 0 Å². The van der Waals surface area contributed by atoms with Crippen molar-refractivity contribution in [2.24, 2.45) is 23.7 Å². The Labute approximate surface area is 126 Å². The molecule has 104 valence electrons. The average molecular weight is 297 g/mol. The maximum atomic E-state index is 6.26. The quantitative estimate of drug-likeness (QED) is 0.624. The van der Waals surface area contributed by atoms with E-state index in [-0.39, 0.29) is 0 Å². The van der Waals surface area contributed by atoms with Crippen molar-refractivity contribution in [1.82, 2.24) is 0 Å². The van der Waals surface area contributed by atoms with E-state index in [0.717, 1.165) is 35.1 Å². The molecule has 0 radical (unpaired) electrons. The maximum Gasteiger partial charge on any atom is 0.0438 e. The molecular weight excluding hydrogens is 275 g/mol. The SMILES string of the molecule is ClCC(Cc1ccccc1Cl)CC1CC2CCC1C2. The van der Waals surface area contributed by atoms with Gasteiger partial charge in [-0.3, -0.25) is 0 Å². The number of rotatable bonds is 5. The van der Waals surface area contributed by atoms with Crippen molar-refractivity contribution >= 4 is 23.2 Å². The summed E-state index contributed by atoms with van der Waals surface area (Å²) in [5, 5.41) is 0.894. The van der Waals surface area contributed by atoms with Gasteiger partial charge in [0.1, 0.15) is 0 Å². The van der Waals surface area contributed by atoms with Crippen LogP contribution in [0, 0.1) is 23.7 Å². The lowest BCUT2D eigenvalue weighted by atomic mass is 9.81. The molecule has 2 fully saturated rings. The smallest absolute Gasteiger partial charge is 0.0438 e. The van der Waals surface area contributed by atoms with Crippen LogP contribution in [-0.4, -0.2) is 5.88 Å². The van der Waals surface area contributed by atoms with E-state index in [9.17, 15) is 0 Å². The van der Waals surface area contributed by atoms with Gasteiger partial charge in [-0.25, -0.2) is 0 Å². The molecule has 2 heteroatoms. The first kappa shape index (κ1) is 13.8. The molecule has 4 unspecified atom stereocenters. The lowest BCUT2D eigenvalue weighted by molar-refractivity contribution is 0.276. The Balaban J connectivity index is 1.60. The molecule has 0 aromatic heterocycles. The van der Waals surface area contributed by atoms with E-state index in [1.807, 2.05) is 12.1 Å². The zero-order valence-corrected chi connectivity index (χ0v) is 12.8. The zero-order chi connectivity index (χ0) is 13.2. The molecule has 2 saturated carbocycles. The minimum absolute atomic E-state index is 0.589. The standard InChI is InChI=1S/C17H22Cl2/c18-11-13(9-15-3-1-2-4-17(15)19)10-16-8-12-5-6-14(16)7-12/h1-4,12-14,16H,5-11H2. The Bertz CT molecular complexity index is 429. The maximum absolute atomic E-state index is 6.26. The molecule has 2 bridgehead atoms. The van der Waals surface area contributed by atoms with Gasteiger partial charge in [0.05, 0.1) is 0 Å². The van der Waals surface area contributed by atoms with Crippen molar-refractivity contribution < 1.29 is 0 Å². The van der Waals surface area contributed by atoms with Crippen molar-refractivity contribution in [2.75, 3.05) is 5.88 Å². The van der Waals surface area contributed by atoms with Gasteiger partial charge in [-0.2, -0.15) is 0 Å². The van der Waals surface area contributed by atoms with Crippen LogP contribution < -0.4 is 0 Å². The summed E-state index contributed by atoms with van der Waals surface area (Å²) in [4.78, 5) is 0. The highest BCUT2D eigenvalue weighted by atomic mass is 35.5. The summed E-state index contributed by atoms with van der Waals surface area (Å²) in [6.07, 6.45) is 8.24. The van der Waals surface area contributed by atoms with Gasteiger partial charge in [-0.15, -0.1) is 11.6 Å². The molecular formula is C17H22Cl2. The predicted octanol–water partition coefficient (Wildman–Crippen LogP) is 5.56. The Morgan fingerprint density at radius 3 is 2.63 bits per heavy atom. The summed E-state index contributed by atoms with van der Waals surface area (Å²) in [6.45, 7) is 0. The third kappa shape index (κ3) is 3.11. The fourth-order valence-corrected chi connectivity index (χ4v) is 4.72. The average Bonchev–Trinajstić information content (AvgIpc) is 3.02. The summed E-state index contributed by atoms with van der Waals surface area (Å²) in [6, 6.07) is 8.20. The monoisotopic (exact) mass is 296 g/mol. The van der Waals surface area contributed by atoms with Crippen molar-refractivity contribution in [2.45, 2.75) is 38.5 Å². The second-order valence-electron chi connectivity index (χ2n) is 6.49. The summed E-state index contributed by atoms with van der Waals surface area (Å²) in [5.74, 6) is 4.32. The van der Waals surface area contributed by atoms with Gasteiger partial charge in [0, 0.05) is 10.9 Å². The second-order valence-corrected chi connectivity index (χ2v) is 7.20. The van der Waals surface area contributed by atoms with Crippen molar-refractivity contribution in [3.05, 3.63) is 34.9 Å². The van der Waals surface area contributed by atoms with E-state index in [4.69, 9.17) is 23.2 Å². The Morgan fingerprint density at radius 2 is 2.00 bits per heavy atom. The van der Waals surface area contributed by atoms with E-state index in [1.54, 1.807) is 0 Å². The van der Waals surface area contributed by atoms with Gasteiger partial charge in [-0.05, 0) is 67.4 Å². The predicted molar refractivity (Wildman–Crippen MR) is 82.9 cm³/mol. The van der Waals surface area contributed by atoms with Crippen LogP contribution in [0.1, 0.15) is 37.7 Å². The van der Waals surface area contributed by atoms with E-state index in [0.29, 0.717) is 5.92 Å². The fraction of sp³-hybridized carbons (Fsp3) is 0.647. The van der Waals surface area contributed by atoms with Gasteiger partial charge in [0.15, 0.2) is 0 Å². The molecule has 0 N–H and O–H groups in total. The van der Waals surface area contributed by atoms with E-state index >= 15 is 0 Å². The van der Waals surface area contributed by atoms with Gasteiger partial charge in [0.25, 0.3) is 0 Å². The van der Waals surface area contributed by atoms with Crippen molar-refractivity contribution in [3.8, 4) is 0 Å². The molecule has 0 heterocycles. The number of hydrogen-bond acceptors (Lipinski definition) is 0. The summed E-state index contributed by atoms with van der Waals surface area (Å²) in [5.41, 5.74) is 1.26. The zero-order valence-electron chi connectivity index (χ0n) is 11.3. The van der Waals surface area contributed by atoms with Crippen molar-refractivity contribution in [1.29, 1.82) is 0 Å². The number of fused-ring (bicyclic) bond motifs is 2. The minimum Gasteiger partial charge on any atom is -0.126 e. The first-order valence-corrected chi connectivity index (χ1v) is 8.47. The molecule has 19 heavy (non-hydrogen) atoms. The molecule has 2 aliphatic rings. The summed E-state index contributed by atoms with van der Waals surface area (Å²) < 4.78 is 0. The highest BCUT2D eigenvalue weighted by Gasteiger charge is 2.39. The van der Waals surface area contributed by atoms with E-state index < -0.39 is 0 Å². The number of alkyl halides is 1. The van der Waals surface area contributed by atoms with Crippen LogP contribution in [0.2, 0.25) is 5.02 Å².